The lowest BCUT2D eigenvalue weighted by Gasteiger charge is -2.09. The molecule has 0 heterocycles. The van der Waals surface area contributed by atoms with Crippen LogP contribution in [0.5, 0.6) is 0 Å². The second kappa shape index (κ2) is 8.76. The van der Waals surface area contributed by atoms with E-state index in [0.29, 0.717) is 17.1 Å². The Labute approximate surface area is 133 Å². The lowest BCUT2D eigenvalue weighted by Crippen LogP contribution is -2.25. The number of carbonyl (C=O) groups excluding carboxylic acids is 1. The molecule has 106 valence electrons. The van der Waals surface area contributed by atoms with Crippen molar-refractivity contribution >= 4 is 40.1 Å². The van der Waals surface area contributed by atoms with Crippen LogP contribution < -0.4 is 5.32 Å². The Kier molecular flexibility index (Phi) is 7.71. The van der Waals surface area contributed by atoms with Gasteiger partial charge in [0.25, 0.3) is 5.91 Å². The van der Waals surface area contributed by atoms with Gasteiger partial charge >= 0.3 is 0 Å². The third-order valence-corrected chi connectivity index (χ3v) is 3.66. The topological polar surface area (TPSA) is 38.3 Å². The summed E-state index contributed by atoms with van der Waals surface area (Å²) in [6, 6.07) is 5.32. The first kappa shape index (κ1) is 16.7. The summed E-state index contributed by atoms with van der Waals surface area (Å²) in [4.78, 5) is 12.0. The molecule has 1 rings (SSSR count). The molecule has 0 saturated heterocycles. The van der Waals surface area contributed by atoms with Crippen LogP contribution in [0.2, 0.25) is 5.02 Å². The van der Waals surface area contributed by atoms with Crippen LogP contribution in [0.15, 0.2) is 18.2 Å². The fraction of sp³-hybridized carbons (Fsp3) is 0.500. The van der Waals surface area contributed by atoms with Crippen LogP contribution in [0, 0.1) is 3.57 Å². The summed E-state index contributed by atoms with van der Waals surface area (Å²) in [6.07, 6.45) is 2.13. The first-order valence-corrected chi connectivity index (χ1v) is 7.81. The Morgan fingerprint density at radius 2 is 2.16 bits per heavy atom. The highest BCUT2D eigenvalue weighted by atomic mass is 127. The van der Waals surface area contributed by atoms with E-state index in [2.05, 4.69) is 27.9 Å². The minimum Gasteiger partial charge on any atom is -0.379 e. The molecule has 0 fully saturated rings. The molecule has 0 spiro atoms. The van der Waals surface area contributed by atoms with Gasteiger partial charge in [-0.3, -0.25) is 4.79 Å². The van der Waals surface area contributed by atoms with Gasteiger partial charge in [0.15, 0.2) is 0 Å². The molecule has 0 bridgehead atoms. The molecule has 0 aliphatic heterocycles. The number of hydrogen-bond donors (Lipinski definition) is 1. The monoisotopic (exact) mass is 395 g/mol. The molecule has 1 aromatic rings. The van der Waals surface area contributed by atoms with E-state index in [-0.39, 0.29) is 12.0 Å². The third kappa shape index (κ3) is 6.58. The summed E-state index contributed by atoms with van der Waals surface area (Å²) < 4.78 is 6.34. The van der Waals surface area contributed by atoms with Gasteiger partial charge in [-0.05, 0) is 67.5 Å². The third-order valence-electron chi connectivity index (χ3n) is 2.48. The second-order valence-corrected chi connectivity index (χ2v) is 6.11. The molecule has 3 nitrogen and oxygen atoms in total. The summed E-state index contributed by atoms with van der Waals surface area (Å²) in [5.74, 6) is -0.0725. The Hall–Kier alpha value is -0.330. The van der Waals surface area contributed by atoms with Gasteiger partial charge in [-0.25, -0.2) is 0 Å². The predicted octanol–water partition coefficient (Wildman–Crippen LogP) is 3.88. The smallest absolute Gasteiger partial charge is 0.252 e. The van der Waals surface area contributed by atoms with Crippen molar-refractivity contribution in [3.63, 3.8) is 0 Å². The highest BCUT2D eigenvalue weighted by Crippen LogP contribution is 2.17. The first-order valence-electron chi connectivity index (χ1n) is 6.35. The van der Waals surface area contributed by atoms with E-state index < -0.39 is 0 Å². The number of nitrogens with one attached hydrogen (secondary N) is 1. The van der Waals surface area contributed by atoms with Crippen LogP contribution in [-0.2, 0) is 4.74 Å². The fourth-order valence-corrected chi connectivity index (χ4v) is 2.27. The SMILES string of the molecule is CC(C)OCCCCNC(=O)c1cc(Cl)ccc1I. The van der Waals surface area contributed by atoms with E-state index in [0.717, 1.165) is 23.0 Å². The summed E-state index contributed by atoms with van der Waals surface area (Å²) in [5.41, 5.74) is 0.631. The molecule has 0 atom stereocenters. The van der Waals surface area contributed by atoms with Crippen LogP contribution in [0.3, 0.4) is 0 Å². The van der Waals surface area contributed by atoms with Crippen molar-refractivity contribution < 1.29 is 9.53 Å². The molecule has 0 aliphatic rings. The highest BCUT2D eigenvalue weighted by molar-refractivity contribution is 14.1. The molecule has 0 radical (unpaired) electrons. The van der Waals surface area contributed by atoms with Crippen LogP contribution >= 0.6 is 34.2 Å². The van der Waals surface area contributed by atoms with Crippen molar-refractivity contribution in [3.8, 4) is 0 Å². The molecule has 1 aromatic carbocycles. The molecule has 0 unspecified atom stereocenters. The molecule has 0 aromatic heterocycles. The van der Waals surface area contributed by atoms with E-state index in [4.69, 9.17) is 16.3 Å². The minimum atomic E-state index is -0.0725. The van der Waals surface area contributed by atoms with Gasteiger partial charge in [0, 0.05) is 21.7 Å². The van der Waals surface area contributed by atoms with Crippen LogP contribution in [0.4, 0.5) is 0 Å². The number of rotatable bonds is 7. The number of ether oxygens (including phenoxy) is 1. The van der Waals surface area contributed by atoms with Crippen molar-refractivity contribution in [1.82, 2.24) is 5.32 Å². The quantitative estimate of drug-likeness (QED) is 0.562. The molecule has 5 heteroatoms. The molecule has 0 aliphatic carbocycles. The number of hydrogen-bond acceptors (Lipinski definition) is 2. The zero-order valence-corrected chi connectivity index (χ0v) is 14.1. The number of carbonyl (C=O) groups is 1. The fourth-order valence-electron chi connectivity index (χ4n) is 1.51. The summed E-state index contributed by atoms with van der Waals surface area (Å²) in [5, 5.41) is 3.48. The molecule has 0 saturated carbocycles. The molecular formula is C14H19ClINO2. The van der Waals surface area contributed by atoms with Gasteiger partial charge in [-0.15, -0.1) is 0 Å². The maximum absolute atomic E-state index is 12.0. The standard InChI is InChI=1S/C14H19ClINO2/c1-10(2)19-8-4-3-7-17-14(18)12-9-11(15)5-6-13(12)16/h5-6,9-10H,3-4,7-8H2,1-2H3,(H,17,18). The Balaban J connectivity index is 2.29. The molecule has 1 N–H and O–H groups in total. The number of amides is 1. The zero-order valence-electron chi connectivity index (χ0n) is 11.2. The van der Waals surface area contributed by atoms with Gasteiger partial charge in [-0.1, -0.05) is 11.6 Å². The number of benzene rings is 1. The van der Waals surface area contributed by atoms with Crippen LogP contribution in [0.25, 0.3) is 0 Å². The largest absolute Gasteiger partial charge is 0.379 e. The van der Waals surface area contributed by atoms with Crippen molar-refractivity contribution in [2.24, 2.45) is 0 Å². The van der Waals surface area contributed by atoms with Crippen LogP contribution in [0.1, 0.15) is 37.0 Å². The van der Waals surface area contributed by atoms with E-state index in [1.54, 1.807) is 12.1 Å². The van der Waals surface area contributed by atoms with Gasteiger partial charge in [0.1, 0.15) is 0 Å². The van der Waals surface area contributed by atoms with Gasteiger partial charge in [0.05, 0.1) is 11.7 Å². The maximum Gasteiger partial charge on any atom is 0.252 e. The number of halogens is 2. The van der Waals surface area contributed by atoms with Crippen molar-refractivity contribution in [2.75, 3.05) is 13.2 Å². The molecular weight excluding hydrogens is 377 g/mol. The van der Waals surface area contributed by atoms with E-state index in [1.807, 2.05) is 19.9 Å². The maximum atomic E-state index is 12.0. The summed E-state index contributed by atoms with van der Waals surface area (Å²) in [7, 11) is 0. The van der Waals surface area contributed by atoms with Crippen molar-refractivity contribution in [3.05, 3.63) is 32.4 Å². The normalized spacial score (nSPS) is 10.8. The summed E-state index contributed by atoms with van der Waals surface area (Å²) in [6.45, 7) is 5.43. The second-order valence-electron chi connectivity index (χ2n) is 4.51. The minimum absolute atomic E-state index is 0.0725. The zero-order chi connectivity index (χ0) is 14.3. The molecule has 1 amide bonds. The van der Waals surface area contributed by atoms with Gasteiger partial charge in [0.2, 0.25) is 0 Å². The number of unbranched alkanes of at least 4 members (excludes halogenated alkanes) is 1. The van der Waals surface area contributed by atoms with Gasteiger partial charge < -0.3 is 10.1 Å². The highest BCUT2D eigenvalue weighted by Gasteiger charge is 2.09. The summed E-state index contributed by atoms with van der Waals surface area (Å²) >= 11 is 8.03. The van der Waals surface area contributed by atoms with Crippen LogP contribution in [-0.4, -0.2) is 25.2 Å². The average Bonchev–Trinajstić information content (AvgIpc) is 2.36. The Morgan fingerprint density at radius 3 is 2.84 bits per heavy atom. The lowest BCUT2D eigenvalue weighted by molar-refractivity contribution is 0.0754. The Bertz CT molecular complexity index is 424. The lowest BCUT2D eigenvalue weighted by atomic mass is 10.2. The first-order chi connectivity index (χ1) is 9.00. The van der Waals surface area contributed by atoms with E-state index >= 15 is 0 Å². The van der Waals surface area contributed by atoms with Crippen molar-refractivity contribution in [2.45, 2.75) is 32.8 Å². The Morgan fingerprint density at radius 1 is 1.42 bits per heavy atom. The van der Waals surface area contributed by atoms with E-state index in [1.165, 1.54) is 0 Å². The van der Waals surface area contributed by atoms with E-state index in [9.17, 15) is 4.79 Å². The van der Waals surface area contributed by atoms with Gasteiger partial charge in [-0.2, -0.15) is 0 Å². The average molecular weight is 396 g/mol. The predicted molar refractivity (Wildman–Crippen MR) is 86.8 cm³/mol. The van der Waals surface area contributed by atoms with Crippen molar-refractivity contribution in [1.29, 1.82) is 0 Å². The molecule has 19 heavy (non-hydrogen) atoms.